The third-order valence-corrected chi connectivity index (χ3v) is 4.36. The number of nitrogens with zero attached hydrogens (tertiary/aromatic N) is 7. The van der Waals surface area contributed by atoms with Gasteiger partial charge in [0.05, 0.1) is 53.1 Å². The van der Waals surface area contributed by atoms with Gasteiger partial charge in [0.1, 0.15) is 6.10 Å². The van der Waals surface area contributed by atoms with Crippen LogP contribution < -0.4 is 10.6 Å². The van der Waals surface area contributed by atoms with E-state index < -0.39 is 18.7 Å². The Labute approximate surface area is 178 Å². The fourth-order valence-electron chi connectivity index (χ4n) is 2.85. The van der Waals surface area contributed by atoms with E-state index in [-0.39, 0.29) is 27.9 Å². The summed E-state index contributed by atoms with van der Waals surface area (Å²) in [6, 6.07) is 2.37. The highest BCUT2D eigenvalue weighted by atomic mass is 35.5. The molecule has 0 bridgehead atoms. The number of urea groups is 1. The number of fused-ring (bicyclic) bond motifs is 1. The van der Waals surface area contributed by atoms with Crippen molar-refractivity contribution in [2.24, 2.45) is 0 Å². The second-order valence-corrected chi connectivity index (χ2v) is 6.53. The maximum absolute atomic E-state index is 12.8. The summed E-state index contributed by atoms with van der Waals surface area (Å²) in [7, 11) is 0. The first kappa shape index (κ1) is 20.6. The van der Waals surface area contributed by atoms with E-state index in [0.717, 1.165) is 0 Å². The van der Waals surface area contributed by atoms with E-state index in [1.165, 1.54) is 53.3 Å². The Kier molecular flexibility index (Phi) is 5.68. The first-order valence-electron chi connectivity index (χ1n) is 8.79. The number of hydrogen-bond acceptors (Lipinski definition) is 7. The fourth-order valence-corrected chi connectivity index (χ4v) is 3.09. The minimum absolute atomic E-state index is 0.137. The van der Waals surface area contributed by atoms with Crippen LogP contribution in [0.5, 0.6) is 0 Å². The van der Waals surface area contributed by atoms with E-state index in [4.69, 9.17) is 11.6 Å². The summed E-state index contributed by atoms with van der Waals surface area (Å²) in [5.41, 5.74) is 1.02. The molecule has 4 rings (SSSR count). The van der Waals surface area contributed by atoms with Gasteiger partial charge in [0, 0.05) is 6.07 Å². The molecule has 31 heavy (non-hydrogen) atoms. The van der Waals surface area contributed by atoms with Crippen molar-refractivity contribution in [2.45, 2.75) is 19.6 Å². The summed E-state index contributed by atoms with van der Waals surface area (Å²) in [6.07, 6.45) is 6.00. The van der Waals surface area contributed by atoms with Gasteiger partial charge in [0.25, 0.3) is 0 Å². The van der Waals surface area contributed by atoms with E-state index in [1.54, 1.807) is 6.07 Å². The molecular formula is C17H14ClF2N9O2. The van der Waals surface area contributed by atoms with Gasteiger partial charge in [-0.2, -0.15) is 24.1 Å². The maximum atomic E-state index is 12.8. The first-order valence-corrected chi connectivity index (χ1v) is 9.16. The van der Waals surface area contributed by atoms with Crippen molar-refractivity contribution >= 4 is 34.7 Å². The number of rotatable bonds is 6. The molecule has 0 aromatic carbocycles. The minimum Gasteiger partial charge on any atom is -0.313 e. The Morgan fingerprint density at radius 3 is 2.61 bits per heavy atom. The fraction of sp³-hybridized carbons (Fsp3) is 0.176. The SMILES string of the molecule is CC(OC(F)F)c1c(NC(=O)Nc2cnc(-n3nccn3)c(Cl)c2)cnc2ccnn12. The summed E-state index contributed by atoms with van der Waals surface area (Å²) in [5.74, 6) is 0.284. The molecule has 0 aliphatic heterocycles. The number of aromatic nitrogens is 7. The molecule has 0 saturated carbocycles. The van der Waals surface area contributed by atoms with Gasteiger partial charge in [-0.25, -0.2) is 19.3 Å². The predicted molar refractivity (Wildman–Crippen MR) is 105 cm³/mol. The Morgan fingerprint density at radius 2 is 1.90 bits per heavy atom. The molecule has 1 atom stereocenters. The van der Waals surface area contributed by atoms with Crippen LogP contribution in [0.2, 0.25) is 5.02 Å². The van der Waals surface area contributed by atoms with Crippen molar-refractivity contribution in [2.75, 3.05) is 10.6 Å². The van der Waals surface area contributed by atoms with Gasteiger partial charge in [0.15, 0.2) is 11.5 Å². The monoisotopic (exact) mass is 449 g/mol. The summed E-state index contributed by atoms with van der Waals surface area (Å²) in [5, 5.41) is 17.3. The lowest BCUT2D eigenvalue weighted by atomic mass is 10.2. The lowest BCUT2D eigenvalue weighted by Gasteiger charge is -2.18. The summed E-state index contributed by atoms with van der Waals surface area (Å²) < 4.78 is 31.4. The zero-order valence-electron chi connectivity index (χ0n) is 15.8. The molecule has 4 heterocycles. The Bertz CT molecular complexity index is 1220. The summed E-state index contributed by atoms with van der Waals surface area (Å²) in [4.78, 5) is 22.0. The standard InChI is InChI=1S/C17H14ClF2N9O2/c1-9(31-16(19)20)14-12(8-21-13-2-3-23-28(13)14)27-17(30)26-10-6-11(18)15(22-7-10)29-24-4-5-25-29/h2-9,16H,1H3,(H2,26,27,30). The van der Waals surface area contributed by atoms with E-state index in [2.05, 4.69) is 40.6 Å². The lowest BCUT2D eigenvalue weighted by molar-refractivity contribution is -0.160. The number of hydrogen-bond donors (Lipinski definition) is 2. The topological polar surface area (TPSA) is 124 Å². The van der Waals surface area contributed by atoms with Crippen LogP contribution in [0.1, 0.15) is 18.7 Å². The average Bonchev–Trinajstić information content (AvgIpc) is 3.39. The highest BCUT2D eigenvalue weighted by molar-refractivity contribution is 6.32. The molecular weight excluding hydrogens is 436 g/mol. The van der Waals surface area contributed by atoms with Crippen molar-refractivity contribution in [3.05, 3.63) is 53.8 Å². The largest absolute Gasteiger partial charge is 0.345 e. The lowest BCUT2D eigenvalue weighted by Crippen LogP contribution is -2.23. The summed E-state index contributed by atoms with van der Waals surface area (Å²) in [6.45, 7) is -1.59. The zero-order chi connectivity index (χ0) is 22.0. The number of anilines is 2. The first-order chi connectivity index (χ1) is 14.9. The van der Waals surface area contributed by atoms with Gasteiger partial charge in [-0.3, -0.25) is 0 Å². The van der Waals surface area contributed by atoms with E-state index >= 15 is 0 Å². The molecule has 160 valence electrons. The van der Waals surface area contributed by atoms with Crippen molar-refractivity contribution in [3.63, 3.8) is 0 Å². The number of carbonyl (C=O) groups is 1. The Hall–Kier alpha value is -3.71. The van der Waals surface area contributed by atoms with Crippen LogP contribution in [0.3, 0.4) is 0 Å². The molecule has 0 aliphatic rings. The molecule has 0 saturated heterocycles. The van der Waals surface area contributed by atoms with Crippen molar-refractivity contribution < 1.29 is 18.3 Å². The molecule has 1 unspecified atom stereocenters. The predicted octanol–water partition coefficient (Wildman–Crippen LogP) is 3.30. The quantitative estimate of drug-likeness (QED) is 0.462. The Balaban J connectivity index is 1.55. The van der Waals surface area contributed by atoms with Crippen LogP contribution in [-0.4, -0.2) is 47.2 Å². The molecule has 4 aromatic heterocycles. The van der Waals surface area contributed by atoms with Crippen LogP contribution in [0, 0.1) is 0 Å². The van der Waals surface area contributed by atoms with Crippen LogP contribution in [-0.2, 0) is 4.74 Å². The number of nitrogens with one attached hydrogen (secondary N) is 2. The van der Waals surface area contributed by atoms with Crippen molar-refractivity contribution in [1.29, 1.82) is 0 Å². The number of ether oxygens (including phenoxy) is 1. The zero-order valence-corrected chi connectivity index (χ0v) is 16.5. The smallest absolute Gasteiger partial charge is 0.313 e. The van der Waals surface area contributed by atoms with E-state index in [1.807, 2.05) is 0 Å². The van der Waals surface area contributed by atoms with Gasteiger partial charge in [0.2, 0.25) is 0 Å². The molecule has 0 radical (unpaired) electrons. The van der Waals surface area contributed by atoms with Crippen LogP contribution in [0.4, 0.5) is 25.0 Å². The highest BCUT2D eigenvalue weighted by Gasteiger charge is 2.22. The van der Waals surface area contributed by atoms with Crippen LogP contribution >= 0.6 is 11.6 Å². The van der Waals surface area contributed by atoms with Crippen LogP contribution in [0.25, 0.3) is 11.5 Å². The third kappa shape index (κ3) is 4.41. The van der Waals surface area contributed by atoms with Gasteiger partial charge in [-0.1, -0.05) is 11.6 Å². The number of amides is 2. The maximum Gasteiger partial charge on any atom is 0.345 e. The summed E-state index contributed by atoms with van der Waals surface area (Å²) >= 11 is 6.19. The molecule has 11 nitrogen and oxygen atoms in total. The number of halogens is 3. The molecule has 0 fully saturated rings. The molecule has 0 spiro atoms. The van der Waals surface area contributed by atoms with E-state index in [0.29, 0.717) is 5.65 Å². The molecule has 4 aromatic rings. The van der Waals surface area contributed by atoms with Gasteiger partial charge >= 0.3 is 12.6 Å². The minimum atomic E-state index is -3.01. The molecule has 2 N–H and O–H groups in total. The van der Waals surface area contributed by atoms with Crippen molar-refractivity contribution in [1.82, 2.24) is 34.6 Å². The average molecular weight is 450 g/mol. The molecule has 14 heteroatoms. The highest BCUT2D eigenvalue weighted by Crippen LogP contribution is 2.27. The molecule has 0 aliphatic carbocycles. The normalized spacial score (nSPS) is 12.3. The van der Waals surface area contributed by atoms with E-state index in [9.17, 15) is 13.6 Å². The Morgan fingerprint density at radius 1 is 1.13 bits per heavy atom. The second kappa shape index (κ2) is 8.57. The van der Waals surface area contributed by atoms with Crippen molar-refractivity contribution in [3.8, 4) is 5.82 Å². The number of carbonyl (C=O) groups excluding carboxylic acids is 1. The second-order valence-electron chi connectivity index (χ2n) is 6.12. The van der Waals surface area contributed by atoms with Crippen LogP contribution in [0.15, 0.2) is 43.1 Å². The molecule has 2 amide bonds. The van der Waals surface area contributed by atoms with Gasteiger partial charge < -0.3 is 15.4 Å². The number of alkyl halides is 2. The number of pyridine rings is 1. The third-order valence-electron chi connectivity index (χ3n) is 4.08. The van der Waals surface area contributed by atoms with Gasteiger partial charge in [-0.05, 0) is 13.0 Å². The van der Waals surface area contributed by atoms with Gasteiger partial charge in [-0.15, -0.1) is 4.80 Å².